The number of anilines is 1. The lowest BCUT2D eigenvalue weighted by Crippen LogP contribution is -2.41. The second kappa shape index (κ2) is 9.92. The number of aliphatic hydroxyl groups is 1. The molecule has 9 nitrogen and oxygen atoms in total. The molecule has 1 aliphatic heterocycles. The lowest BCUT2D eigenvalue weighted by molar-refractivity contribution is -0.137. The van der Waals surface area contributed by atoms with Crippen molar-refractivity contribution in [2.75, 3.05) is 38.3 Å². The van der Waals surface area contributed by atoms with E-state index in [0.29, 0.717) is 17.1 Å². The van der Waals surface area contributed by atoms with Crippen molar-refractivity contribution in [1.29, 1.82) is 0 Å². The predicted molar refractivity (Wildman–Crippen MR) is 119 cm³/mol. The molecule has 12 heteroatoms. The first kappa shape index (κ1) is 20.7. The number of fused-ring (bicyclic) bond motifs is 1. The standard InChI is InChI=1S/C23H23F3N4O5/c1-34-19-12-17-16(11-18(19)29-7-9-35-13-20(29)32)27-22(30(17)6-3-8-31)28-21(33)14-4-2-5-15(10-14)23(24,25)26/h2,4-5,10-12,31H,3,6-9,13H2,1H3,(H,27,28,33)/i1D3. The number of alkyl halides is 3. The maximum absolute atomic E-state index is 13.1. The Morgan fingerprint density at radius 2 is 2.17 bits per heavy atom. The number of rotatable bonds is 6. The monoisotopic (exact) mass is 495 g/mol. The molecule has 3 aromatic rings. The number of methoxy groups -OCH3 is 1. The predicted octanol–water partition coefficient (Wildman–Crippen LogP) is 2.48. The topological polar surface area (TPSA) is 109 Å². The van der Waals surface area contributed by atoms with E-state index in [4.69, 9.17) is 13.6 Å². The summed E-state index contributed by atoms with van der Waals surface area (Å²) >= 11 is 0. The molecule has 1 saturated heterocycles. The van der Waals surface area contributed by atoms with Gasteiger partial charge in [-0.15, -0.1) is 0 Å². The minimum Gasteiger partial charge on any atom is -0.494 e. The lowest BCUT2D eigenvalue weighted by Gasteiger charge is -2.28. The van der Waals surface area contributed by atoms with Crippen LogP contribution in [0.2, 0.25) is 0 Å². The number of aliphatic hydroxyl groups excluding tert-OH is 1. The van der Waals surface area contributed by atoms with Gasteiger partial charge in [0.15, 0.2) is 0 Å². The molecule has 186 valence electrons. The summed E-state index contributed by atoms with van der Waals surface area (Å²) in [7, 11) is -2.85. The smallest absolute Gasteiger partial charge is 0.416 e. The van der Waals surface area contributed by atoms with Crippen LogP contribution >= 0.6 is 0 Å². The summed E-state index contributed by atoms with van der Waals surface area (Å²) < 4.78 is 73.8. The number of H-pyrrole nitrogens is 1. The maximum Gasteiger partial charge on any atom is 0.416 e. The molecule has 0 bridgehead atoms. The highest BCUT2D eigenvalue weighted by Crippen LogP contribution is 2.33. The highest BCUT2D eigenvalue weighted by Gasteiger charge is 2.31. The number of carbonyl (C=O) groups is 2. The number of ether oxygens (including phenoxy) is 2. The summed E-state index contributed by atoms with van der Waals surface area (Å²) in [6.45, 7) is 0.0366. The molecule has 2 aromatic carbocycles. The molecule has 0 unspecified atom stereocenters. The fourth-order valence-electron chi connectivity index (χ4n) is 3.78. The third-order valence-corrected chi connectivity index (χ3v) is 5.44. The van der Waals surface area contributed by atoms with Crippen molar-refractivity contribution in [2.45, 2.75) is 19.1 Å². The summed E-state index contributed by atoms with van der Waals surface area (Å²) in [5.74, 6) is -1.52. The van der Waals surface area contributed by atoms with Crippen molar-refractivity contribution >= 4 is 28.5 Å². The first-order valence-electron chi connectivity index (χ1n) is 12.1. The number of aromatic amines is 1. The zero-order chi connectivity index (χ0) is 27.7. The lowest BCUT2D eigenvalue weighted by atomic mass is 10.1. The van der Waals surface area contributed by atoms with Gasteiger partial charge in [-0.05, 0) is 30.7 Å². The number of hydrogen-bond acceptors (Lipinski definition) is 5. The Morgan fingerprint density at radius 3 is 2.89 bits per heavy atom. The number of imidazole rings is 1. The van der Waals surface area contributed by atoms with E-state index >= 15 is 0 Å². The van der Waals surface area contributed by atoms with Crippen LogP contribution in [0.1, 0.15) is 26.5 Å². The van der Waals surface area contributed by atoms with E-state index < -0.39 is 30.6 Å². The first-order valence-corrected chi connectivity index (χ1v) is 10.6. The minimum atomic E-state index is -4.65. The van der Waals surface area contributed by atoms with Crippen molar-refractivity contribution in [2.24, 2.45) is 4.99 Å². The van der Waals surface area contributed by atoms with Crippen LogP contribution in [0, 0.1) is 0 Å². The maximum atomic E-state index is 13.1. The van der Waals surface area contributed by atoms with Gasteiger partial charge in [-0.1, -0.05) is 6.07 Å². The average Bonchev–Trinajstić information content (AvgIpc) is 3.16. The van der Waals surface area contributed by atoms with Crippen molar-refractivity contribution in [3.63, 3.8) is 0 Å². The number of amides is 2. The number of nitrogens with zero attached hydrogens (tertiary/aromatic N) is 3. The Kier molecular flexibility index (Phi) is 5.87. The number of carbonyl (C=O) groups excluding carboxylic acids is 2. The second-order valence-electron chi connectivity index (χ2n) is 7.71. The highest BCUT2D eigenvalue weighted by atomic mass is 19.4. The van der Waals surface area contributed by atoms with E-state index in [1.807, 2.05) is 0 Å². The molecule has 0 saturated carbocycles. The summed E-state index contributed by atoms with van der Waals surface area (Å²) in [6.07, 6.45) is -4.43. The Labute approximate surface area is 201 Å². The molecular weight excluding hydrogens is 469 g/mol. The third-order valence-electron chi connectivity index (χ3n) is 5.44. The van der Waals surface area contributed by atoms with Crippen molar-refractivity contribution in [1.82, 2.24) is 9.55 Å². The second-order valence-corrected chi connectivity index (χ2v) is 7.71. The molecule has 0 atom stereocenters. The SMILES string of the molecule is [2H]C([2H])([2H])Oc1cc2c(cc1N1CCOCC1=O)[nH]/c(=N\C(=O)c1cccc(C(F)(F)F)c1)n2CCCO. The Bertz CT molecular complexity index is 1430. The van der Waals surface area contributed by atoms with Gasteiger partial charge in [-0.25, -0.2) is 0 Å². The number of aryl methyl sites for hydroxylation is 1. The van der Waals surface area contributed by atoms with E-state index in [1.54, 1.807) is 0 Å². The van der Waals surface area contributed by atoms with Crippen LogP contribution in [0.15, 0.2) is 41.4 Å². The van der Waals surface area contributed by atoms with E-state index in [-0.39, 0.29) is 61.9 Å². The van der Waals surface area contributed by atoms with Crippen LogP contribution in [0.4, 0.5) is 18.9 Å². The highest BCUT2D eigenvalue weighted by molar-refractivity contribution is 5.99. The van der Waals surface area contributed by atoms with Crippen molar-refractivity contribution < 1.29 is 41.5 Å². The summed E-state index contributed by atoms with van der Waals surface area (Å²) in [5, 5.41) is 9.36. The van der Waals surface area contributed by atoms with Gasteiger partial charge in [0.2, 0.25) is 5.62 Å². The summed E-state index contributed by atoms with van der Waals surface area (Å²) in [4.78, 5) is 33.5. The molecule has 0 aliphatic carbocycles. The minimum absolute atomic E-state index is 0.0545. The quantitative estimate of drug-likeness (QED) is 0.546. The van der Waals surface area contributed by atoms with Gasteiger partial charge < -0.3 is 29.0 Å². The van der Waals surface area contributed by atoms with E-state index in [0.717, 1.165) is 12.1 Å². The molecule has 4 rings (SSSR count). The normalized spacial score (nSPS) is 16.8. The van der Waals surface area contributed by atoms with Crippen LogP contribution in [0.5, 0.6) is 5.75 Å². The van der Waals surface area contributed by atoms with Gasteiger partial charge in [-0.2, -0.15) is 18.2 Å². The average molecular weight is 495 g/mol. The summed E-state index contributed by atoms with van der Waals surface area (Å²) in [6, 6.07) is 6.65. The van der Waals surface area contributed by atoms with Crippen LogP contribution in [-0.2, 0) is 22.3 Å². The fourth-order valence-corrected chi connectivity index (χ4v) is 3.78. The Balaban J connectivity index is 1.88. The van der Waals surface area contributed by atoms with Crippen molar-refractivity contribution in [3.8, 4) is 5.75 Å². The molecule has 1 fully saturated rings. The Morgan fingerprint density at radius 1 is 1.34 bits per heavy atom. The van der Waals surface area contributed by atoms with Crippen molar-refractivity contribution in [3.05, 3.63) is 53.1 Å². The van der Waals surface area contributed by atoms with Crippen LogP contribution < -0.4 is 15.3 Å². The van der Waals surface area contributed by atoms with Crippen LogP contribution in [0.25, 0.3) is 11.0 Å². The number of benzene rings is 2. The zero-order valence-electron chi connectivity index (χ0n) is 21.3. The molecule has 1 aliphatic rings. The van der Waals surface area contributed by atoms with Gasteiger partial charge >= 0.3 is 6.18 Å². The molecular formula is C23H23F3N4O5. The Hall–Kier alpha value is -3.64. The molecule has 35 heavy (non-hydrogen) atoms. The van der Waals surface area contributed by atoms with E-state index in [9.17, 15) is 27.9 Å². The van der Waals surface area contributed by atoms with E-state index in [2.05, 4.69) is 9.98 Å². The zero-order valence-corrected chi connectivity index (χ0v) is 18.3. The molecule has 0 spiro atoms. The number of aromatic nitrogens is 2. The molecule has 2 heterocycles. The third kappa shape index (κ3) is 5.08. The largest absolute Gasteiger partial charge is 0.494 e. The van der Waals surface area contributed by atoms with Gasteiger partial charge in [-0.3, -0.25) is 9.59 Å². The van der Waals surface area contributed by atoms with Gasteiger partial charge in [0.05, 0.1) is 40.0 Å². The van der Waals surface area contributed by atoms with Crippen LogP contribution in [-0.4, -0.2) is 59.9 Å². The number of hydrogen-bond donors (Lipinski definition) is 2. The van der Waals surface area contributed by atoms with Gasteiger partial charge in [0.1, 0.15) is 12.4 Å². The molecule has 0 radical (unpaired) electrons. The summed E-state index contributed by atoms with van der Waals surface area (Å²) in [5.41, 5.74) is -0.536. The number of halogens is 3. The molecule has 2 amide bonds. The van der Waals surface area contributed by atoms with Crippen LogP contribution in [0.3, 0.4) is 0 Å². The van der Waals surface area contributed by atoms with Gasteiger partial charge in [0.25, 0.3) is 11.8 Å². The number of morpholine rings is 1. The van der Waals surface area contributed by atoms with Gasteiger partial charge in [0, 0.05) is 31.3 Å². The fraction of sp³-hybridized carbons (Fsp3) is 0.348. The first-order chi connectivity index (χ1) is 17.9. The van der Waals surface area contributed by atoms with E-state index in [1.165, 1.54) is 27.7 Å². The number of nitrogens with one attached hydrogen (secondary N) is 1. The molecule has 2 N–H and O–H groups in total. The molecule has 1 aromatic heterocycles.